The molecule has 1 aromatic heterocycles. The van der Waals surface area contributed by atoms with E-state index in [0.717, 1.165) is 34.0 Å². The number of carbonyl (C=O) groups excluding carboxylic acids is 2. The summed E-state index contributed by atoms with van der Waals surface area (Å²) in [5.41, 5.74) is 4.07. The van der Waals surface area contributed by atoms with Gasteiger partial charge in [0.1, 0.15) is 11.8 Å². The van der Waals surface area contributed by atoms with E-state index >= 15 is 0 Å². The second-order valence-electron chi connectivity index (χ2n) is 6.09. The van der Waals surface area contributed by atoms with Crippen LogP contribution in [0, 0.1) is 0 Å². The Morgan fingerprint density at radius 3 is 3.24 bits per heavy atom. The number of cyclic esters (lactones) is 1. The highest BCUT2D eigenvalue weighted by Gasteiger charge is 2.33. The van der Waals surface area contributed by atoms with Crippen molar-refractivity contribution in [2.45, 2.75) is 24.3 Å². The Morgan fingerprint density at radius 2 is 2.40 bits per heavy atom. The summed E-state index contributed by atoms with van der Waals surface area (Å²) in [6.07, 6.45) is 2.14. The number of thioether (sulfide) groups is 1. The molecule has 2 aromatic rings. The van der Waals surface area contributed by atoms with Crippen LogP contribution in [0.2, 0.25) is 0 Å². The monoisotopic (exact) mass is 358 g/mol. The van der Waals surface area contributed by atoms with Crippen molar-refractivity contribution in [1.29, 1.82) is 0 Å². The average Bonchev–Trinajstić information content (AvgIpc) is 3.15. The molecule has 0 aliphatic carbocycles. The summed E-state index contributed by atoms with van der Waals surface area (Å²) in [5, 5.41) is 9.98. The van der Waals surface area contributed by atoms with Gasteiger partial charge in [0.25, 0.3) is 0 Å². The number of ether oxygens (including phenoxy) is 1. The van der Waals surface area contributed by atoms with Crippen LogP contribution < -0.4 is 10.2 Å². The van der Waals surface area contributed by atoms with Gasteiger partial charge in [-0.3, -0.25) is 14.8 Å². The maximum Gasteiger partial charge on any atom is 0.414 e. The summed E-state index contributed by atoms with van der Waals surface area (Å²) in [5.74, 6) is 0.838. The van der Waals surface area contributed by atoms with Gasteiger partial charge in [-0.2, -0.15) is 5.10 Å². The number of anilines is 1. The van der Waals surface area contributed by atoms with Crippen LogP contribution in [0.25, 0.3) is 11.3 Å². The normalized spacial score (nSPS) is 19.0. The first-order chi connectivity index (χ1) is 12.1. The minimum Gasteiger partial charge on any atom is -0.442 e. The number of rotatable bonds is 3. The third kappa shape index (κ3) is 3.09. The van der Waals surface area contributed by atoms with Crippen molar-refractivity contribution in [3.05, 3.63) is 30.0 Å². The van der Waals surface area contributed by atoms with Gasteiger partial charge in [0.2, 0.25) is 5.91 Å². The van der Waals surface area contributed by atoms with Gasteiger partial charge in [0.05, 0.1) is 18.0 Å². The molecule has 130 valence electrons. The lowest BCUT2D eigenvalue weighted by Crippen LogP contribution is -2.33. The topological polar surface area (TPSA) is 87.3 Å². The van der Waals surface area contributed by atoms with Gasteiger partial charge >= 0.3 is 6.09 Å². The summed E-state index contributed by atoms with van der Waals surface area (Å²) >= 11 is 1.78. The fraction of sp³-hybridized carbons (Fsp3) is 0.353. The molecular formula is C17H18N4O3S. The van der Waals surface area contributed by atoms with Crippen molar-refractivity contribution >= 4 is 29.4 Å². The number of hydrogen-bond donors (Lipinski definition) is 2. The lowest BCUT2D eigenvalue weighted by atomic mass is 10.0. The molecule has 1 saturated heterocycles. The van der Waals surface area contributed by atoms with Crippen molar-refractivity contribution in [2.75, 3.05) is 23.7 Å². The molecule has 1 fully saturated rings. The SMILES string of the molecule is CC(=O)NC[C@H]1CN(c2ccc3c(c2)CCSc2c[nH]nc2-3)C(=O)O1. The molecule has 2 amide bonds. The van der Waals surface area contributed by atoms with Gasteiger partial charge in [-0.25, -0.2) is 4.79 Å². The van der Waals surface area contributed by atoms with E-state index in [-0.39, 0.29) is 18.1 Å². The second-order valence-corrected chi connectivity index (χ2v) is 7.23. The van der Waals surface area contributed by atoms with Gasteiger partial charge in [0, 0.05) is 30.1 Å². The highest BCUT2D eigenvalue weighted by Crippen LogP contribution is 2.38. The van der Waals surface area contributed by atoms with Crippen LogP contribution in [-0.2, 0) is 16.0 Å². The molecule has 0 unspecified atom stereocenters. The molecule has 0 bridgehead atoms. The predicted molar refractivity (Wildman–Crippen MR) is 94.8 cm³/mol. The summed E-state index contributed by atoms with van der Waals surface area (Å²) < 4.78 is 5.34. The first-order valence-electron chi connectivity index (χ1n) is 8.14. The van der Waals surface area contributed by atoms with Crippen LogP contribution in [0.5, 0.6) is 0 Å². The first-order valence-corrected chi connectivity index (χ1v) is 9.13. The molecule has 1 atom stereocenters. The van der Waals surface area contributed by atoms with Crippen molar-refractivity contribution in [3.63, 3.8) is 0 Å². The third-order valence-corrected chi connectivity index (χ3v) is 5.37. The molecule has 25 heavy (non-hydrogen) atoms. The highest BCUT2D eigenvalue weighted by atomic mass is 32.2. The second kappa shape index (κ2) is 6.44. The van der Waals surface area contributed by atoms with Crippen molar-refractivity contribution in [1.82, 2.24) is 15.5 Å². The van der Waals surface area contributed by atoms with E-state index in [1.54, 1.807) is 16.7 Å². The van der Waals surface area contributed by atoms with Crippen LogP contribution >= 0.6 is 11.8 Å². The summed E-state index contributed by atoms with van der Waals surface area (Å²) in [4.78, 5) is 26.0. The van der Waals surface area contributed by atoms with Crippen LogP contribution in [-0.4, -0.2) is 47.1 Å². The lowest BCUT2D eigenvalue weighted by Gasteiger charge is -2.16. The van der Waals surface area contributed by atoms with Crippen molar-refractivity contribution in [3.8, 4) is 11.3 Å². The number of hydrogen-bond acceptors (Lipinski definition) is 5. The molecule has 2 aliphatic heterocycles. The van der Waals surface area contributed by atoms with E-state index in [9.17, 15) is 9.59 Å². The van der Waals surface area contributed by atoms with E-state index in [1.165, 1.54) is 12.5 Å². The number of fused-ring (bicyclic) bond motifs is 3. The van der Waals surface area contributed by atoms with Gasteiger partial charge in [0.15, 0.2) is 0 Å². The van der Waals surface area contributed by atoms with E-state index in [1.807, 2.05) is 24.4 Å². The summed E-state index contributed by atoms with van der Waals surface area (Å²) in [6, 6.07) is 5.99. The van der Waals surface area contributed by atoms with E-state index < -0.39 is 0 Å². The van der Waals surface area contributed by atoms with Gasteiger partial charge in [-0.1, -0.05) is 6.07 Å². The Labute approximate surface area is 149 Å². The van der Waals surface area contributed by atoms with Gasteiger partial charge in [-0.15, -0.1) is 11.8 Å². The number of nitrogens with one attached hydrogen (secondary N) is 2. The van der Waals surface area contributed by atoms with E-state index in [2.05, 4.69) is 15.5 Å². The zero-order valence-electron chi connectivity index (χ0n) is 13.7. The zero-order chi connectivity index (χ0) is 17.4. The largest absolute Gasteiger partial charge is 0.442 e. The fourth-order valence-corrected chi connectivity index (χ4v) is 4.11. The average molecular weight is 358 g/mol. The molecule has 0 spiro atoms. The summed E-state index contributed by atoms with van der Waals surface area (Å²) in [6.45, 7) is 2.21. The maximum atomic E-state index is 12.2. The number of H-pyrrole nitrogens is 1. The van der Waals surface area contributed by atoms with Gasteiger partial charge < -0.3 is 10.1 Å². The van der Waals surface area contributed by atoms with Crippen LogP contribution in [0.15, 0.2) is 29.3 Å². The lowest BCUT2D eigenvalue weighted by molar-refractivity contribution is -0.119. The number of nitrogens with zero attached hydrogens (tertiary/aromatic N) is 2. The van der Waals surface area contributed by atoms with Crippen LogP contribution in [0.3, 0.4) is 0 Å². The summed E-state index contributed by atoms with van der Waals surface area (Å²) in [7, 11) is 0. The molecule has 7 nitrogen and oxygen atoms in total. The van der Waals surface area contributed by atoms with Gasteiger partial charge in [-0.05, 0) is 24.1 Å². The molecule has 0 saturated carbocycles. The van der Waals surface area contributed by atoms with Crippen LogP contribution in [0.1, 0.15) is 12.5 Å². The quantitative estimate of drug-likeness (QED) is 0.878. The smallest absolute Gasteiger partial charge is 0.414 e. The Hall–Kier alpha value is -2.48. The number of carbonyl (C=O) groups is 2. The number of aromatic amines is 1. The highest BCUT2D eigenvalue weighted by molar-refractivity contribution is 7.99. The molecule has 0 radical (unpaired) electrons. The predicted octanol–water partition coefficient (Wildman–Crippen LogP) is 2.19. The minimum absolute atomic E-state index is 0.133. The maximum absolute atomic E-state index is 12.2. The van der Waals surface area contributed by atoms with Crippen molar-refractivity contribution in [2.24, 2.45) is 0 Å². The number of aryl methyl sites for hydroxylation is 1. The first kappa shape index (κ1) is 16.0. The molecular weight excluding hydrogens is 340 g/mol. The Morgan fingerprint density at radius 1 is 1.52 bits per heavy atom. The molecule has 4 rings (SSSR count). The molecule has 8 heteroatoms. The number of amides is 2. The Bertz CT molecular complexity index is 835. The van der Waals surface area contributed by atoms with E-state index in [4.69, 9.17) is 4.74 Å². The minimum atomic E-state index is -0.376. The van der Waals surface area contributed by atoms with E-state index in [0.29, 0.717) is 13.1 Å². The molecule has 2 N–H and O–H groups in total. The number of benzene rings is 1. The number of aromatic nitrogens is 2. The molecule has 1 aromatic carbocycles. The van der Waals surface area contributed by atoms with Crippen molar-refractivity contribution < 1.29 is 14.3 Å². The Balaban J connectivity index is 1.58. The standard InChI is InChI=1S/C17H18N4O3S/c1-10(22)18-7-13-9-21(17(23)24-13)12-2-3-14-11(6-12)4-5-25-15-8-19-20-16(14)15/h2-3,6,8,13H,4-5,7,9H2,1H3,(H,18,22)(H,19,20)/t13-/m0/s1. The third-order valence-electron chi connectivity index (χ3n) is 4.34. The fourth-order valence-electron chi connectivity index (χ4n) is 3.13. The Kier molecular flexibility index (Phi) is 4.12. The zero-order valence-corrected chi connectivity index (χ0v) is 14.6. The molecule has 3 heterocycles. The molecule has 2 aliphatic rings. The van der Waals surface area contributed by atoms with Crippen LogP contribution in [0.4, 0.5) is 10.5 Å².